The summed E-state index contributed by atoms with van der Waals surface area (Å²) in [4.78, 5) is 32.7. The zero-order valence-corrected chi connectivity index (χ0v) is 24.4. The van der Waals surface area contributed by atoms with Gasteiger partial charge in [-0.1, -0.05) is 0 Å². The van der Waals surface area contributed by atoms with Crippen LogP contribution < -0.4 is 18.9 Å². The molecule has 2 aliphatic heterocycles. The largest absolute Gasteiger partial charge is 0.497 e. The highest BCUT2D eigenvalue weighted by Gasteiger charge is 2.30. The number of ether oxygens (including phenoxy) is 5. The van der Waals surface area contributed by atoms with Gasteiger partial charge in [-0.2, -0.15) is 0 Å². The molecule has 0 N–H and O–H groups in total. The maximum Gasteiger partial charge on any atom is 0.256 e. The van der Waals surface area contributed by atoms with E-state index >= 15 is 0 Å². The fraction of sp³-hybridized carbons (Fsp3) is 0.467. The average molecular weight is 567 g/mol. The maximum absolute atomic E-state index is 14.1. The van der Waals surface area contributed by atoms with Crippen molar-refractivity contribution in [3.05, 3.63) is 41.6 Å². The van der Waals surface area contributed by atoms with Gasteiger partial charge in [-0.3, -0.25) is 14.5 Å². The predicted octanol–water partition coefficient (Wildman–Crippen LogP) is 2.59. The highest BCUT2D eigenvalue weighted by atomic mass is 16.5. The number of fused-ring (bicyclic) bond motifs is 1. The minimum absolute atomic E-state index is 0.0499. The van der Waals surface area contributed by atoms with Gasteiger partial charge in [0.1, 0.15) is 5.75 Å². The minimum Gasteiger partial charge on any atom is -0.497 e. The van der Waals surface area contributed by atoms with Gasteiger partial charge in [-0.25, -0.2) is 0 Å². The van der Waals surface area contributed by atoms with E-state index in [1.165, 1.54) is 0 Å². The molecule has 1 aromatic heterocycles. The second-order valence-corrected chi connectivity index (χ2v) is 10.1. The normalized spacial score (nSPS) is 16.1. The molecule has 2 fully saturated rings. The van der Waals surface area contributed by atoms with Crippen molar-refractivity contribution >= 4 is 22.7 Å². The van der Waals surface area contributed by atoms with E-state index in [2.05, 4.69) is 4.90 Å². The second kappa shape index (κ2) is 12.3. The zero-order valence-electron chi connectivity index (χ0n) is 24.4. The van der Waals surface area contributed by atoms with E-state index in [4.69, 9.17) is 23.7 Å². The summed E-state index contributed by atoms with van der Waals surface area (Å²) in [6, 6.07) is 9.49. The fourth-order valence-corrected chi connectivity index (χ4v) is 5.69. The fourth-order valence-electron chi connectivity index (χ4n) is 5.69. The molecule has 0 spiro atoms. The van der Waals surface area contributed by atoms with Crippen LogP contribution in [0.5, 0.6) is 23.0 Å². The molecule has 41 heavy (non-hydrogen) atoms. The number of morpholine rings is 1. The topological polar surface area (TPSA) is 94.9 Å². The van der Waals surface area contributed by atoms with Crippen LogP contribution in [0, 0.1) is 6.92 Å². The van der Waals surface area contributed by atoms with Crippen LogP contribution in [-0.4, -0.2) is 119 Å². The molecule has 5 rings (SSSR count). The summed E-state index contributed by atoms with van der Waals surface area (Å²) in [6.07, 6.45) is 0. The van der Waals surface area contributed by atoms with Crippen molar-refractivity contribution in [2.45, 2.75) is 6.92 Å². The minimum atomic E-state index is -0.0499. The standard InChI is InChI=1S/C30H38N4O7/c1-20-28(30(36)33-10-8-31(9-11-33)19-27(35)32-12-14-41-15-13-32)23-18-22(37-2)6-7-24(23)34(20)21-16-25(38-3)29(40-5)26(17-21)39-4/h6-7,16-18H,8-15,19H2,1-5H3. The Labute approximate surface area is 240 Å². The van der Waals surface area contributed by atoms with Crippen molar-refractivity contribution in [1.29, 1.82) is 0 Å². The molecule has 0 aliphatic carbocycles. The zero-order chi connectivity index (χ0) is 29.1. The number of aromatic nitrogens is 1. The van der Waals surface area contributed by atoms with Gasteiger partial charge in [0.2, 0.25) is 11.7 Å². The first-order valence-corrected chi connectivity index (χ1v) is 13.8. The summed E-state index contributed by atoms with van der Waals surface area (Å²) < 4.78 is 29.6. The van der Waals surface area contributed by atoms with Crippen molar-refractivity contribution in [2.24, 2.45) is 0 Å². The number of methoxy groups -OCH3 is 4. The van der Waals surface area contributed by atoms with Gasteiger partial charge >= 0.3 is 0 Å². The summed E-state index contributed by atoms with van der Waals surface area (Å²) in [5, 5.41) is 0.797. The van der Waals surface area contributed by atoms with Crippen LogP contribution in [-0.2, 0) is 9.53 Å². The first kappa shape index (κ1) is 28.6. The van der Waals surface area contributed by atoms with Gasteiger partial charge in [0.25, 0.3) is 5.91 Å². The Kier molecular flexibility index (Phi) is 8.55. The van der Waals surface area contributed by atoms with Crippen LogP contribution in [0.1, 0.15) is 16.1 Å². The number of carbonyl (C=O) groups excluding carboxylic acids is 2. The number of hydrogen-bond acceptors (Lipinski definition) is 8. The number of rotatable bonds is 8. The van der Waals surface area contributed by atoms with E-state index in [1.807, 2.05) is 51.6 Å². The second-order valence-electron chi connectivity index (χ2n) is 10.1. The molecule has 3 aromatic rings. The average Bonchev–Trinajstić information content (AvgIpc) is 3.31. The smallest absolute Gasteiger partial charge is 0.256 e. The lowest BCUT2D eigenvalue weighted by Gasteiger charge is -2.36. The first-order valence-electron chi connectivity index (χ1n) is 13.8. The van der Waals surface area contributed by atoms with E-state index in [9.17, 15) is 9.59 Å². The quantitative estimate of drug-likeness (QED) is 0.411. The Morgan fingerprint density at radius 3 is 2.05 bits per heavy atom. The molecular weight excluding hydrogens is 528 g/mol. The van der Waals surface area contributed by atoms with Gasteiger partial charge in [0.05, 0.1) is 65.0 Å². The van der Waals surface area contributed by atoms with E-state index < -0.39 is 0 Å². The van der Waals surface area contributed by atoms with Crippen molar-refractivity contribution in [3.63, 3.8) is 0 Å². The van der Waals surface area contributed by atoms with Crippen LogP contribution >= 0.6 is 0 Å². The van der Waals surface area contributed by atoms with E-state index in [1.54, 1.807) is 28.4 Å². The third kappa shape index (κ3) is 5.51. The summed E-state index contributed by atoms with van der Waals surface area (Å²) in [7, 11) is 6.34. The molecule has 2 aliphatic rings. The summed E-state index contributed by atoms with van der Waals surface area (Å²) in [5.41, 5.74) is 3.04. The van der Waals surface area contributed by atoms with Gasteiger partial charge in [-0.15, -0.1) is 0 Å². The Bertz CT molecular complexity index is 1400. The van der Waals surface area contributed by atoms with Gasteiger partial charge in [0.15, 0.2) is 11.5 Å². The van der Waals surface area contributed by atoms with Crippen molar-refractivity contribution in [3.8, 4) is 28.7 Å². The Balaban J connectivity index is 1.45. The monoisotopic (exact) mass is 566 g/mol. The predicted molar refractivity (Wildman–Crippen MR) is 154 cm³/mol. The molecule has 220 valence electrons. The third-order valence-electron chi connectivity index (χ3n) is 7.91. The van der Waals surface area contributed by atoms with Crippen LogP contribution in [0.2, 0.25) is 0 Å². The summed E-state index contributed by atoms with van der Waals surface area (Å²) >= 11 is 0. The number of piperazine rings is 1. The first-order chi connectivity index (χ1) is 19.9. The number of carbonyl (C=O) groups is 2. The molecule has 2 aromatic carbocycles. The van der Waals surface area contributed by atoms with Crippen LogP contribution in [0.3, 0.4) is 0 Å². The number of amides is 2. The summed E-state index contributed by atoms with van der Waals surface area (Å²) in [5.74, 6) is 2.27. The van der Waals surface area contributed by atoms with Gasteiger partial charge in [-0.05, 0) is 25.1 Å². The molecular formula is C30H38N4O7. The SMILES string of the molecule is COc1ccc2c(c1)c(C(=O)N1CCN(CC(=O)N3CCOCC3)CC1)c(C)n2-c1cc(OC)c(OC)c(OC)c1. The highest BCUT2D eigenvalue weighted by molar-refractivity contribution is 6.09. The lowest BCUT2D eigenvalue weighted by Crippen LogP contribution is -2.52. The summed E-state index contributed by atoms with van der Waals surface area (Å²) in [6.45, 7) is 7.09. The molecule has 11 nitrogen and oxygen atoms in total. The number of nitrogens with zero attached hydrogens (tertiary/aromatic N) is 4. The van der Waals surface area contributed by atoms with Gasteiger partial charge < -0.3 is 38.1 Å². The van der Waals surface area contributed by atoms with E-state index in [-0.39, 0.29) is 11.8 Å². The van der Waals surface area contributed by atoms with Crippen LogP contribution in [0.25, 0.3) is 16.6 Å². The molecule has 0 bridgehead atoms. The molecule has 2 amide bonds. The number of hydrogen-bond donors (Lipinski definition) is 0. The Morgan fingerprint density at radius 2 is 1.46 bits per heavy atom. The van der Waals surface area contributed by atoms with Crippen LogP contribution in [0.4, 0.5) is 0 Å². The molecule has 2 saturated heterocycles. The van der Waals surface area contributed by atoms with Crippen molar-refractivity contribution in [2.75, 3.05) is 87.5 Å². The van der Waals surface area contributed by atoms with Crippen LogP contribution in [0.15, 0.2) is 30.3 Å². The van der Waals surface area contributed by atoms with E-state index in [0.29, 0.717) is 87.6 Å². The molecule has 0 atom stereocenters. The maximum atomic E-state index is 14.1. The lowest BCUT2D eigenvalue weighted by atomic mass is 10.1. The van der Waals surface area contributed by atoms with Crippen molar-refractivity contribution in [1.82, 2.24) is 19.3 Å². The number of benzene rings is 2. The highest BCUT2D eigenvalue weighted by Crippen LogP contribution is 2.41. The van der Waals surface area contributed by atoms with E-state index in [0.717, 1.165) is 22.3 Å². The van der Waals surface area contributed by atoms with Crippen molar-refractivity contribution < 1.29 is 33.3 Å². The Hall–Kier alpha value is -3.96. The molecule has 11 heteroatoms. The molecule has 0 saturated carbocycles. The molecule has 0 unspecified atom stereocenters. The Morgan fingerprint density at radius 1 is 0.805 bits per heavy atom. The van der Waals surface area contributed by atoms with Gasteiger partial charge in [0, 0.05) is 62.5 Å². The molecule has 3 heterocycles. The molecule has 0 radical (unpaired) electrons. The lowest BCUT2D eigenvalue weighted by molar-refractivity contribution is -0.136. The third-order valence-corrected chi connectivity index (χ3v) is 7.91.